The maximum atomic E-state index is 10.1. The van der Waals surface area contributed by atoms with Crippen molar-refractivity contribution < 1.29 is 5.11 Å². The molecular formula is C12H15N3O. The van der Waals surface area contributed by atoms with Crippen LogP contribution in [-0.4, -0.2) is 27.4 Å². The maximum absolute atomic E-state index is 10.1. The van der Waals surface area contributed by atoms with Crippen LogP contribution in [0.25, 0.3) is 0 Å². The minimum Gasteiger partial charge on any atom is -0.369 e. The van der Waals surface area contributed by atoms with Crippen molar-refractivity contribution in [2.24, 2.45) is 5.10 Å². The van der Waals surface area contributed by atoms with Crippen LogP contribution in [0.5, 0.6) is 0 Å². The molecule has 0 amide bonds. The summed E-state index contributed by atoms with van der Waals surface area (Å²) in [7, 11) is 0. The molecule has 2 N–H and O–H groups in total. The largest absolute Gasteiger partial charge is 0.369 e. The third-order valence-electron chi connectivity index (χ3n) is 2.58. The highest BCUT2D eigenvalue weighted by atomic mass is 16.3. The van der Waals surface area contributed by atoms with Gasteiger partial charge in [0.25, 0.3) is 0 Å². The lowest BCUT2D eigenvalue weighted by atomic mass is 10.1. The summed E-state index contributed by atoms with van der Waals surface area (Å²) in [5.74, 6) is 0.224. The molecule has 0 aromatic heterocycles. The van der Waals surface area contributed by atoms with Crippen molar-refractivity contribution in [2.75, 3.05) is 0 Å². The Morgan fingerprint density at radius 2 is 2.06 bits per heavy atom. The fourth-order valence-corrected chi connectivity index (χ4v) is 1.88. The van der Waals surface area contributed by atoms with E-state index in [1.54, 1.807) is 6.92 Å². The number of hydrogen-bond acceptors (Lipinski definition) is 3. The zero-order chi connectivity index (χ0) is 11.8. The number of benzene rings is 1. The van der Waals surface area contributed by atoms with Gasteiger partial charge in [-0.25, -0.2) is 5.01 Å². The summed E-state index contributed by atoms with van der Waals surface area (Å²) in [5, 5.41) is 23.7. The van der Waals surface area contributed by atoms with E-state index in [-0.39, 0.29) is 5.84 Å². The van der Waals surface area contributed by atoms with Gasteiger partial charge in [0, 0.05) is 17.7 Å². The molecular weight excluding hydrogens is 202 g/mol. The first kappa shape index (κ1) is 10.8. The fraction of sp³-hybridized carbons (Fsp3) is 0.333. The van der Waals surface area contributed by atoms with Crippen molar-refractivity contribution in [1.82, 2.24) is 5.01 Å². The van der Waals surface area contributed by atoms with Crippen molar-refractivity contribution in [3.63, 3.8) is 0 Å². The van der Waals surface area contributed by atoms with Gasteiger partial charge in [-0.3, -0.25) is 5.41 Å². The van der Waals surface area contributed by atoms with Crippen molar-refractivity contribution in [3.05, 3.63) is 35.9 Å². The first-order valence-corrected chi connectivity index (χ1v) is 5.21. The molecule has 1 aromatic carbocycles. The predicted octanol–water partition coefficient (Wildman–Crippen LogP) is 1.80. The highest BCUT2D eigenvalue weighted by molar-refractivity contribution is 5.99. The van der Waals surface area contributed by atoms with E-state index < -0.39 is 5.72 Å². The summed E-state index contributed by atoms with van der Waals surface area (Å²) in [6.07, 6.45) is 0.474. The van der Waals surface area contributed by atoms with E-state index in [9.17, 15) is 5.11 Å². The summed E-state index contributed by atoms with van der Waals surface area (Å²) in [6.45, 7) is 3.53. The first-order chi connectivity index (χ1) is 7.50. The van der Waals surface area contributed by atoms with Crippen LogP contribution in [0, 0.1) is 5.41 Å². The molecule has 2 rings (SSSR count). The van der Waals surface area contributed by atoms with Gasteiger partial charge >= 0.3 is 0 Å². The molecule has 0 fully saturated rings. The lowest BCUT2D eigenvalue weighted by Gasteiger charge is -2.28. The number of aliphatic hydroxyl groups is 1. The SMILES string of the molecule is CC1=NN(C(=N)c2ccccc2)[C@](C)(O)C1. The molecule has 0 radical (unpaired) electrons. The Morgan fingerprint density at radius 3 is 2.56 bits per heavy atom. The van der Waals surface area contributed by atoms with Gasteiger partial charge in [-0.05, 0) is 13.8 Å². The molecule has 4 heteroatoms. The number of hydrazone groups is 1. The molecule has 1 heterocycles. The summed E-state index contributed by atoms with van der Waals surface area (Å²) in [5.41, 5.74) is 0.503. The number of rotatable bonds is 1. The first-order valence-electron chi connectivity index (χ1n) is 5.21. The summed E-state index contributed by atoms with van der Waals surface area (Å²) >= 11 is 0. The Hall–Kier alpha value is -1.68. The topological polar surface area (TPSA) is 59.7 Å². The molecule has 16 heavy (non-hydrogen) atoms. The molecule has 1 aromatic rings. The highest BCUT2D eigenvalue weighted by Crippen LogP contribution is 2.26. The molecule has 0 aliphatic carbocycles. The van der Waals surface area contributed by atoms with Crippen molar-refractivity contribution in [1.29, 1.82) is 5.41 Å². The van der Waals surface area contributed by atoms with E-state index >= 15 is 0 Å². The predicted molar refractivity (Wildman–Crippen MR) is 63.5 cm³/mol. The minimum atomic E-state index is -1.09. The Bertz CT molecular complexity index is 437. The summed E-state index contributed by atoms with van der Waals surface area (Å²) in [4.78, 5) is 0. The smallest absolute Gasteiger partial charge is 0.162 e. The standard InChI is InChI=1S/C12H15N3O/c1-9-8-12(2,16)15(14-9)11(13)10-6-4-3-5-7-10/h3-7,13,16H,8H2,1-2H3/t12-/m1/s1. The average Bonchev–Trinajstić information content (AvgIpc) is 2.52. The number of nitrogens with one attached hydrogen (secondary N) is 1. The van der Waals surface area contributed by atoms with Crippen LogP contribution >= 0.6 is 0 Å². The lowest BCUT2D eigenvalue weighted by Crippen LogP contribution is -2.43. The van der Waals surface area contributed by atoms with Crippen LogP contribution in [0.15, 0.2) is 35.4 Å². The van der Waals surface area contributed by atoms with E-state index in [2.05, 4.69) is 5.10 Å². The van der Waals surface area contributed by atoms with Crippen LogP contribution in [-0.2, 0) is 0 Å². The van der Waals surface area contributed by atoms with E-state index in [1.807, 2.05) is 37.3 Å². The van der Waals surface area contributed by atoms with Crippen molar-refractivity contribution in [2.45, 2.75) is 26.0 Å². The minimum absolute atomic E-state index is 0.224. The van der Waals surface area contributed by atoms with E-state index in [0.29, 0.717) is 6.42 Å². The molecule has 0 saturated heterocycles. The van der Waals surface area contributed by atoms with Gasteiger partial charge in [0.2, 0.25) is 0 Å². The maximum Gasteiger partial charge on any atom is 0.162 e. The van der Waals surface area contributed by atoms with Crippen LogP contribution in [0.2, 0.25) is 0 Å². The van der Waals surface area contributed by atoms with Crippen molar-refractivity contribution in [3.8, 4) is 0 Å². The number of nitrogens with zero attached hydrogens (tertiary/aromatic N) is 2. The van der Waals surface area contributed by atoms with Gasteiger partial charge in [-0.15, -0.1) is 0 Å². The van der Waals surface area contributed by atoms with Crippen LogP contribution in [0.1, 0.15) is 25.8 Å². The molecule has 0 spiro atoms. The van der Waals surface area contributed by atoms with Gasteiger partial charge < -0.3 is 5.11 Å². The molecule has 1 aliphatic rings. The highest BCUT2D eigenvalue weighted by Gasteiger charge is 2.37. The average molecular weight is 217 g/mol. The second-order valence-electron chi connectivity index (χ2n) is 4.26. The Morgan fingerprint density at radius 1 is 1.44 bits per heavy atom. The van der Waals surface area contributed by atoms with E-state index in [0.717, 1.165) is 11.3 Å². The Labute approximate surface area is 94.7 Å². The third-order valence-corrected chi connectivity index (χ3v) is 2.58. The molecule has 4 nitrogen and oxygen atoms in total. The molecule has 1 atom stereocenters. The zero-order valence-electron chi connectivity index (χ0n) is 9.44. The fourth-order valence-electron chi connectivity index (χ4n) is 1.88. The van der Waals surface area contributed by atoms with E-state index in [4.69, 9.17) is 5.41 Å². The zero-order valence-corrected chi connectivity index (χ0v) is 9.44. The van der Waals surface area contributed by atoms with Gasteiger partial charge in [0.1, 0.15) is 0 Å². The Balaban J connectivity index is 2.30. The molecule has 1 aliphatic heterocycles. The van der Waals surface area contributed by atoms with Gasteiger partial charge in [-0.2, -0.15) is 5.10 Å². The number of amidine groups is 1. The normalized spacial score (nSPS) is 24.4. The van der Waals surface area contributed by atoms with Crippen LogP contribution in [0.4, 0.5) is 0 Å². The van der Waals surface area contributed by atoms with Crippen LogP contribution < -0.4 is 0 Å². The molecule has 84 valence electrons. The quantitative estimate of drug-likeness (QED) is 0.556. The second-order valence-corrected chi connectivity index (χ2v) is 4.26. The van der Waals surface area contributed by atoms with E-state index in [1.165, 1.54) is 5.01 Å². The summed E-state index contributed by atoms with van der Waals surface area (Å²) in [6, 6.07) is 9.30. The van der Waals surface area contributed by atoms with Gasteiger partial charge in [0.05, 0.1) is 0 Å². The molecule has 0 saturated carbocycles. The summed E-state index contributed by atoms with van der Waals surface area (Å²) < 4.78 is 0. The van der Waals surface area contributed by atoms with Gasteiger partial charge in [0.15, 0.2) is 11.6 Å². The molecule has 0 bridgehead atoms. The van der Waals surface area contributed by atoms with Gasteiger partial charge in [-0.1, -0.05) is 30.3 Å². The number of hydrogen-bond donors (Lipinski definition) is 2. The van der Waals surface area contributed by atoms with Crippen molar-refractivity contribution >= 4 is 11.5 Å². The Kier molecular flexibility index (Phi) is 2.52. The lowest BCUT2D eigenvalue weighted by molar-refractivity contribution is -0.0330. The monoisotopic (exact) mass is 217 g/mol. The second kappa shape index (κ2) is 3.72. The molecule has 0 unspecified atom stereocenters. The third kappa shape index (κ3) is 1.84. The van der Waals surface area contributed by atoms with Crippen LogP contribution in [0.3, 0.4) is 0 Å².